The van der Waals surface area contributed by atoms with Gasteiger partial charge >= 0.3 is 5.97 Å². The maximum Gasteiger partial charge on any atom is 0.304 e. The Morgan fingerprint density at radius 3 is 2.74 bits per heavy atom. The fourth-order valence-electron chi connectivity index (χ4n) is 4.77. The van der Waals surface area contributed by atoms with Crippen molar-refractivity contribution in [2.24, 2.45) is 0 Å². The topological polar surface area (TPSA) is 107 Å². The summed E-state index contributed by atoms with van der Waals surface area (Å²) in [5.41, 5.74) is 1.23. The molecule has 3 aromatic rings. The van der Waals surface area contributed by atoms with Crippen molar-refractivity contribution < 1.29 is 38.3 Å². The fraction of sp³-hybridized carbons (Fsp3) is 0.379. The lowest BCUT2D eigenvalue weighted by Gasteiger charge is -2.17. The van der Waals surface area contributed by atoms with Crippen molar-refractivity contribution >= 4 is 5.97 Å². The van der Waals surface area contributed by atoms with Crippen LogP contribution >= 0.6 is 0 Å². The molecule has 2 aliphatic rings. The number of halogens is 1. The number of aromatic nitrogens is 1. The maximum atomic E-state index is 14.9. The molecule has 0 bridgehead atoms. The average Bonchev–Trinajstić information content (AvgIpc) is 3.46. The van der Waals surface area contributed by atoms with Gasteiger partial charge in [-0.15, -0.1) is 0 Å². The number of nitrogens with zero attached hydrogens (tertiary/aromatic N) is 1. The molecule has 0 spiro atoms. The zero-order valence-corrected chi connectivity index (χ0v) is 21.3. The number of hydrogen-bond acceptors (Lipinski definition) is 7. The summed E-state index contributed by atoms with van der Waals surface area (Å²) in [6, 6.07) is 11.7. The van der Waals surface area contributed by atoms with E-state index in [1.54, 1.807) is 50.4 Å². The van der Waals surface area contributed by atoms with Gasteiger partial charge in [0.25, 0.3) is 0 Å². The van der Waals surface area contributed by atoms with Crippen LogP contribution in [0.4, 0.5) is 4.39 Å². The second-order valence-electron chi connectivity index (χ2n) is 10.2. The van der Waals surface area contributed by atoms with Crippen LogP contribution in [-0.2, 0) is 11.2 Å². The average molecular weight is 524 g/mol. The highest BCUT2D eigenvalue weighted by molar-refractivity contribution is 5.68. The summed E-state index contributed by atoms with van der Waals surface area (Å²) >= 11 is 0. The first-order valence-electron chi connectivity index (χ1n) is 12.6. The van der Waals surface area contributed by atoms with Gasteiger partial charge in [0, 0.05) is 41.2 Å². The molecule has 1 aliphatic carbocycles. The molecular formula is C29H30FNO7. The van der Waals surface area contributed by atoms with Crippen LogP contribution in [0.5, 0.6) is 28.9 Å². The van der Waals surface area contributed by atoms with Gasteiger partial charge in [-0.3, -0.25) is 4.79 Å². The summed E-state index contributed by atoms with van der Waals surface area (Å²) in [5, 5.41) is 18.9. The molecule has 0 saturated heterocycles. The molecule has 0 amide bonds. The van der Waals surface area contributed by atoms with Gasteiger partial charge in [0.1, 0.15) is 34.9 Å². The Morgan fingerprint density at radius 2 is 2.00 bits per heavy atom. The monoisotopic (exact) mass is 523 g/mol. The van der Waals surface area contributed by atoms with Crippen molar-refractivity contribution in [3.8, 4) is 28.9 Å². The van der Waals surface area contributed by atoms with Crippen molar-refractivity contribution in [1.82, 2.24) is 4.98 Å². The van der Waals surface area contributed by atoms with E-state index in [0.717, 1.165) is 11.1 Å². The smallest absolute Gasteiger partial charge is 0.304 e. The van der Waals surface area contributed by atoms with Gasteiger partial charge in [-0.05, 0) is 51.0 Å². The maximum absolute atomic E-state index is 14.9. The van der Waals surface area contributed by atoms with Crippen molar-refractivity contribution in [3.05, 3.63) is 71.2 Å². The summed E-state index contributed by atoms with van der Waals surface area (Å²) in [5.74, 6) is 1.14. The predicted molar refractivity (Wildman–Crippen MR) is 136 cm³/mol. The van der Waals surface area contributed by atoms with E-state index in [1.807, 2.05) is 6.07 Å². The van der Waals surface area contributed by atoms with E-state index in [9.17, 15) is 14.3 Å². The Labute approximate surface area is 220 Å². The number of fused-ring (bicyclic) bond motifs is 2. The first-order chi connectivity index (χ1) is 18.2. The number of carbonyl (C=O) groups is 1. The second-order valence-corrected chi connectivity index (χ2v) is 10.2. The number of rotatable bonds is 10. The summed E-state index contributed by atoms with van der Waals surface area (Å²) in [4.78, 5) is 15.4. The van der Waals surface area contributed by atoms with Crippen LogP contribution in [0, 0.1) is 5.82 Å². The lowest BCUT2D eigenvalue weighted by Crippen LogP contribution is -2.21. The standard InChI is InChI=1S/C29H30FNO7/c1-29(2,34)11-12-35-19-4-10-26(31-15-19)38-23-9-7-22(30)28-21(23)6-8-24(28)37-18-3-5-20-17(13-27(32)33)16-36-25(20)14-18/h3-5,7,9-10,14-15,17,24,34H,6,8,11-13,16H2,1-2H3,(H,32,33)/t17?,24-/m1/s1. The summed E-state index contributed by atoms with van der Waals surface area (Å²) < 4.78 is 38.4. The number of carboxylic acids is 1. The van der Waals surface area contributed by atoms with Crippen LogP contribution in [0.2, 0.25) is 0 Å². The number of pyridine rings is 1. The molecule has 0 saturated carbocycles. The van der Waals surface area contributed by atoms with E-state index >= 15 is 0 Å². The lowest BCUT2D eigenvalue weighted by molar-refractivity contribution is -0.137. The highest BCUT2D eigenvalue weighted by Crippen LogP contribution is 2.44. The molecule has 0 fully saturated rings. The highest BCUT2D eigenvalue weighted by Gasteiger charge is 2.32. The predicted octanol–water partition coefficient (Wildman–Crippen LogP) is 5.57. The molecule has 2 aromatic carbocycles. The van der Waals surface area contributed by atoms with Gasteiger partial charge in [-0.1, -0.05) is 6.07 Å². The molecule has 1 aliphatic heterocycles. The van der Waals surface area contributed by atoms with Crippen molar-refractivity contribution in [3.63, 3.8) is 0 Å². The van der Waals surface area contributed by atoms with Crippen molar-refractivity contribution in [1.29, 1.82) is 0 Å². The SMILES string of the molecule is CC(C)(O)CCOc1ccc(Oc2ccc(F)c3c2CC[C@H]3Oc2ccc3c(c2)OCC3CC(=O)O)nc1. The number of carboxylic acid groups (broad SMARTS) is 1. The van der Waals surface area contributed by atoms with Crippen LogP contribution in [0.25, 0.3) is 0 Å². The summed E-state index contributed by atoms with van der Waals surface area (Å²) in [6.07, 6.45) is 2.69. The number of aliphatic carboxylic acids is 1. The second kappa shape index (κ2) is 10.5. The van der Waals surface area contributed by atoms with Crippen LogP contribution in [0.1, 0.15) is 61.8 Å². The first-order valence-corrected chi connectivity index (χ1v) is 12.6. The fourth-order valence-corrected chi connectivity index (χ4v) is 4.77. The Kier molecular flexibility index (Phi) is 7.12. The molecule has 1 aromatic heterocycles. The number of aliphatic hydroxyl groups is 1. The minimum atomic E-state index is -0.871. The third-order valence-electron chi connectivity index (χ3n) is 6.71. The highest BCUT2D eigenvalue weighted by atomic mass is 19.1. The normalized spacial score (nSPS) is 17.9. The molecule has 8 nitrogen and oxygen atoms in total. The Hall–Kier alpha value is -3.85. The summed E-state index contributed by atoms with van der Waals surface area (Å²) in [6.45, 7) is 4.12. The molecule has 2 heterocycles. The van der Waals surface area contributed by atoms with E-state index < -0.39 is 17.7 Å². The van der Waals surface area contributed by atoms with E-state index in [4.69, 9.17) is 24.1 Å². The Morgan fingerprint density at radius 1 is 1.18 bits per heavy atom. The van der Waals surface area contributed by atoms with E-state index in [2.05, 4.69) is 4.98 Å². The van der Waals surface area contributed by atoms with Crippen LogP contribution in [0.3, 0.4) is 0 Å². The summed E-state index contributed by atoms with van der Waals surface area (Å²) in [7, 11) is 0. The molecule has 200 valence electrons. The van der Waals surface area contributed by atoms with E-state index in [1.165, 1.54) is 6.07 Å². The van der Waals surface area contributed by atoms with Crippen LogP contribution in [0.15, 0.2) is 48.7 Å². The molecule has 2 N–H and O–H groups in total. The van der Waals surface area contributed by atoms with Gasteiger partial charge in [0.05, 0.1) is 31.4 Å². The largest absolute Gasteiger partial charge is 0.492 e. The van der Waals surface area contributed by atoms with Crippen molar-refractivity contribution in [2.75, 3.05) is 13.2 Å². The lowest BCUT2D eigenvalue weighted by atomic mass is 9.98. The minimum absolute atomic E-state index is 0.00383. The van der Waals surface area contributed by atoms with Gasteiger partial charge in [0.15, 0.2) is 0 Å². The first kappa shape index (κ1) is 25.8. The third kappa shape index (κ3) is 5.83. The van der Waals surface area contributed by atoms with E-state index in [-0.39, 0.29) is 18.2 Å². The molecule has 9 heteroatoms. The molecule has 2 atom stereocenters. The van der Waals surface area contributed by atoms with Crippen LogP contribution < -0.4 is 18.9 Å². The van der Waals surface area contributed by atoms with Crippen molar-refractivity contribution in [2.45, 2.75) is 57.2 Å². The third-order valence-corrected chi connectivity index (χ3v) is 6.71. The van der Waals surface area contributed by atoms with Crippen LogP contribution in [-0.4, -0.2) is 40.0 Å². The number of benzene rings is 2. The van der Waals surface area contributed by atoms with Gasteiger partial charge in [-0.25, -0.2) is 9.37 Å². The number of ether oxygens (including phenoxy) is 4. The molecule has 38 heavy (non-hydrogen) atoms. The molecule has 0 radical (unpaired) electrons. The molecular weight excluding hydrogens is 493 g/mol. The molecule has 5 rings (SSSR count). The quantitative estimate of drug-likeness (QED) is 0.355. The van der Waals surface area contributed by atoms with E-state index in [0.29, 0.717) is 66.9 Å². The van der Waals surface area contributed by atoms with Gasteiger partial charge in [0.2, 0.25) is 5.88 Å². The Bertz CT molecular complexity index is 1320. The molecule has 1 unspecified atom stereocenters. The van der Waals surface area contributed by atoms with Gasteiger partial charge < -0.3 is 29.2 Å². The Balaban J connectivity index is 1.27. The number of hydrogen-bond donors (Lipinski definition) is 2. The zero-order valence-electron chi connectivity index (χ0n) is 21.3. The zero-order chi connectivity index (χ0) is 26.9. The van der Waals surface area contributed by atoms with Gasteiger partial charge in [-0.2, -0.15) is 0 Å². The minimum Gasteiger partial charge on any atom is -0.492 e.